The van der Waals surface area contributed by atoms with Crippen molar-refractivity contribution in [1.82, 2.24) is 10.6 Å². The number of aliphatic hydroxyl groups is 1. The second-order valence-corrected chi connectivity index (χ2v) is 5.38. The van der Waals surface area contributed by atoms with E-state index in [4.69, 9.17) is 5.73 Å². The largest absolute Gasteiger partial charge is 0.399 e. The predicted molar refractivity (Wildman–Crippen MR) is 81.7 cm³/mol. The highest BCUT2D eigenvalue weighted by Gasteiger charge is 2.14. The number of nitrogens with two attached hydrogens (primary N) is 1. The van der Waals surface area contributed by atoms with Crippen molar-refractivity contribution in [3.8, 4) is 0 Å². The molecule has 21 heavy (non-hydrogen) atoms. The molecule has 1 rings (SSSR count). The number of carbonyl (C=O) groups excluding carboxylic acids is 2. The van der Waals surface area contributed by atoms with Crippen LogP contribution in [-0.4, -0.2) is 36.1 Å². The molecule has 0 aliphatic heterocycles. The molecular formula is C15H23N3O3. The molecule has 116 valence electrons. The predicted octanol–water partition coefficient (Wildman–Crippen LogP) is 0.522. The monoisotopic (exact) mass is 293 g/mol. The third kappa shape index (κ3) is 6.27. The third-order valence-corrected chi connectivity index (χ3v) is 2.92. The Morgan fingerprint density at radius 3 is 2.38 bits per heavy atom. The summed E-state index contributed by atoms with van der Waals surface area (Å²) in [4.78, 5) is 23.5. The fourth-order valence-electron chi connectivity index (χ4n) is 1.92. The fourth-order valence-corrected chi connectivity index (χ4v) is 1.92. The smallest absolute Gasteiger partial charge is 0.251 e. The van der Waals surface area contributed by atoms with Crippen molar-refractivity contribution in [2.24, 2.45) is 5.92 Å². The Morgan fingerprint density at radius 2 is 1.86 bits per heavy atom. The maximum Gasteiger partial charge on any atom is 0.251 e. The summed E-state index contributed by atoms with van der Waals surface area (Å²) in [6, 6.07) is 6.15. The van der Waals surface area contributed by atoms with E-state index in [1.165, 1.54) is 0 Å². The summed E-state index contributed by atoms with van der Waals surface area (Å²) in [6.45, 7) is 3.78. The molecule has 5 N–H and O–H groups in total. The van der Waals surface area contributed by atoms with Crippen molar-refractivity contribution in [2.45, 2.75) is 26.3 Å². The average molecular weight is 293 g/mol. The maximum absolute atomic E-state index is 11.8. The van der Waals surface area contributed by atoms with Gasteiger partial charge in [0.25, 0.3) is 5.91 Å². The zero-order valence-corrected chi connectivity index (χ0v) is 12.4. The van der Waals surface area contributed by atoms with Crippen LogP contribution in [0.25, 0.3) is 0 Å². The van der Waals surface area contributed by atoms with E-state index in [1.54, 1.807) is 24.3 Å². The molecule has 0 aromatic heterocycles. The number of benzene rings is 1. The number of hydrogen-bond donors (Lipinski definition) is 4. The number of carbonyl (C=O) groups is 2. The van der Waals surface area contributed by atoms with Crippen molar-refractivity contribution < 1.29 is 14.7 Å². The van der Waals surface area contributed by atoms with Gasteiger partial charge in [-0.25, -0.2) is 0 Å². The fraction of sp³-hybridized carbons (Fsp3) is 0.467. The molecule has 0 heterocycles. The van der Waals surface area contributed by atoms with Crippen LogP contribution in [0.4, 0.5) is 5.69 Å². The Morgan fingerprint density at radius 1 is 1.24 bits per heavy atom. The number of anilines is 1. The molecule has 0 radical (unpaired) electrons. The topological polar surface area (TPSA) is 104 Å². The number of nitrogen functional groups attached to an aromatic ring is 1. The van der Waals surface area contributed by atoms with Gasteiger partial charge in [0.15, 0.2) is 0 Å². The summed E-state index contributed by atoms with van der Waals surface area (Å²) in [5.41, 5.74) is 6.55. The molecule has 1 unspecified atom stereocenters. The molecular weight excluding hydrogens is 270 g/mol. The van der Waals surface area contributed by atoms with Gasteiger partial charge < -0.3 is 21.5 Å². The van der Waals surface area contributed by atoms with Gasteiger partial charge in [-0.15, -0.1) is 0 Å². The van der Waals surface area contributed by atoms with Crippen LogP contribution in [0.2, 0.25) is 0 Å². The normalized spacial score (nSPS) is 12.0. The average Bonchev–Trinajstić information content (AvgIpc) is 2.44. The molecule has 0 saturated carbocycles. The first-order valence-corrected chi connectivity index (χ1v) is 6.96. The third-order valence-electron chi connectivity index (χ3n) is 2.92. The standard InChI is InChI=1S/C15H23N3O3/c1-10(2)7-13(9-19)18-14(20)8-17-15(21)11-3-5-12(16)6-4-11/h3-6,10,13,19H,7-9,16H2,1-2H3,(H,17,21)(H,18,20). The van der Waals surface area contributed by atoms with Gasteiger partial charge in [-0.05, 0) is 36.6 Å². The van der Waals surface area contributed by atoms with Crippen molar-refractivity contribution in [2.75, 3.05) is 18.9 Å². The summed E-state index contributed by atoms with van der Waals surface area (Å²) < 4.78 is 0. The molecule has 0 aliphatic rings. The first-order valence-electron chi connectivity index (χ1n) is 6.96. The van der Waals surface area contributed by atoms with Gasteiger partial charge in [-0.3, -0.25) is 9.59 Å². The quantitative estimate of drug-likeness (QED) is 0.550. The van der Waals surface area contributed by atoms with Gasteiger partial charge in [0.05, 0.1) is 19.2 Å². The van der Waals surface area contributed by atoms with Crippen LogP contribution >= 0.6 is 0 Å². The van der Waals surface area contributed by atoms with E-state index >= 15 is 0 Å². The van der Waals surface area contributed by atoms with Crippen molar-refractivity contribution in [3.05, 3.63) is 29.8 Å². The van der Waals surface area contributed by atoms with E-state index in [1.807, 2.05) is 13.8 Å². The Hall–Kier alpha value is -2.08. The number of nitrogens with one attached hydrogen (secondary N) is 2. The summed E-state index contributed by atoms with van der Waals surface area (Å²) in [5, 5.41) is 14.4. The minimum atomic E-state index is -0.338. The number of amides is 2. The van der Waals surface area contributed by atoms with Crippen LogP contribution in [0.3, 0.4) is 0 Å². The molecule has 1 atom stereocenters. The summed E-state index contributed by atoms with van der Waals surface area (Å²) >= 11 is 0. The number of rotatable bonds is 7. The lowest BCUT2D eigenvalue weighted by atomic mass is 10.0. The van der Waals surface area contributed by atoms with Gasteiger partial charge >= 0.3 is 0 Å². The van der Waals surface area contributed by atoms with Gasteiger partial charge in [0.2, 0.25) is 5.91 Å². The Kier molecular flexibility index (Phi) is 6.68. The Balaban J connectivity index is 2.41. The molecule has 1 aromatic rings. The van der Waals surface area contributed by atoms with Crippen molar-refractivity contribution >= 4 is 17.5 Å². The minimum Gasteiger partial charge on any atom is -0.399 e. The molecule has 1 aromatic carbocycles. The highest BCUT2D eigenvalue weighted by molar-refractivity contribution is 5.96. The molecule has 0 bridgehead atoms. The van der Waals surface area contributed by atoms with Gasteiger partial charge in [-0.1, -0.05) is 13.8 Å². The molecule has 2 amide bonds. The van der Waals surface area contributed by atoms with Crippen LogP contribution in [0.1, 0.15) is 30.6 Å². The molecule has 0 fully saturated rings. The van der Waals surface area contributed by atoms with E-state index in [0.29, 0.717) is 23.6 Å². The Labute approximate surface area is 124 Å². The first kappa shape index (κ1) is 17.0. The minimum absolute atomic E-state index is 0.115. The second kappa shape index (κ2) is 8.26. The molecule has 6 heteroatoms. The maximum atomic E-state index is 11.8. The molecule has 0 aliphatic carbocycles. The SMILES string of the molecule is CC(C)CC(CO)NC(=O)CNC(=O)c1ccc(N)cc1. The first-order chi connectivity index (χ1) is 9.92. The van der Waals surface area contributed by atoms with Crippen LogP contribution in [-0.2, 0) is 4.79 Å². The summed E-state index contributed by atoms with van der Waals surface area (Å²) in [6.07, 6.45) is 0.689. The number of hydrogen-bond acceptors (Lipinski definition) is 4. The van der Waals surface area contributed by atoms with Gasteiger partial charge in [-0.2, -0.15) is 0 Å². The van der Waals surface area contributed by atoms with E-state index in [9.17, 15) is 14.7 Å². The molecule has 6 nitrogen and oxygen atoms in total. The summed E-state index contributed by atoms with van der Waals surface area (Å²) in [5.74, 6) is -0.292. The molecule has 0 spiro atoms. The van der Waals surface area contributed by atoms with E-state index in [-0.39, 0.29) is 31.0 Å². The Bertz CT molecular complexity index is 472. The lowest BCUT2D eigenvalue weighted by molar-refractivity contribution is -0.121. The highest BCUT2D eigenvalue weighted by atomic mass is 16.3. The van der Waals surface area contributed by atoms with Crippen LogP contribution in [0.15, 0.2) is 24.3 Å². The lowest BCUT2D eigenvalue weighted by Crippen LogP contribution is -2.44. The summed E-state index contributed by atoms with van der Waals surface area (Å²) in [7, 11) is 0. The molecule has 0 saturated heterocycles. The number of aliphatic hydroxyl groups excluding tert-OH is 1. The van der Waals surface area contributed by atoms with Gasteiger partial charge in [0.1, 0.15) is 0 Å². The lowest BCUT2D eigenvalue weighted by Gasteiger charge is -2.18. The van der Waals surface area contributed by atoms with Gasteiger partial charge in [0, 0.05) is 11.3 Å². The zero-order chi connectivity index (χ0) is 15.8. The van der Waals surface area contributed by atoms with Crippen LogP contribution in [0.5, 0.6) is 0 Å². The zero-order valence-electron chi connectivity index (χ0n) is 12.4. The van der Waals surface area contributed by atoms with Crippen molar-refractivity contribution in [1.29, 1.82) is 0 Å². The highest BCUT2D eigenvalue weighted by Crippen LogP contribution is 2.05. The van der Waals surface area contributed by atoms with E-state index in [2.05, 4.69) is 10.6 Å². The van der Waals surface area contributed by atoms with Crippen LogP contribution in [0, 0.1) is 5.92 Å². The van der Waals surface area contributed by atoms with Crippen LogP contribution < -0.4 is 16.4 Å². The van der Waals surface area contributed by atoms with E-state index < -0.39 is 0 Å². The van der Waals surface area contributed by atoms with E-state index in [0.717, 1.165) is 0 Å². The second-order valence-electron chi connectivity index (χ2n) is 5.38. The van der Waals surface area contributed by atoms with Crippen molar-refractivity contribution in [3.63, 3.8) is 0 Å².